The second-order valence-electron chi connectivity index (χ2n) is 5.84. The number of rotatable bonds is 6. The molecule has 0 amide bonds. The third-order valence-electron chi connectivity index (χ3n) is 3.99. The van der Waals surface area contributed by atoms with Crippen molar-refractivity contribution in [2.24, 2.45) is 5.92 Å². The zero-order valence-electron chi connectivity index (χ0n) is 13.1. The molecule has 1 unspecified atom stereocenters. The Balaban J connectivity index is 2.23. The Morgan fingerprint density at radius 2 is 2.14 bits per heavy atom. The standard InChI is InChI=1S/C14H26N4O2S/c1-4-8-18(10-13-6-5-7-15-9-13)21(19,20)14-11(2)16-17-12(14)3/h13,15H,4-10H2,1-3H3,(H,16,17). The van der Waals surface area contributed by atoms with Crippen LogP contribution >= 0.6 is 0 Å². The minimum Gasteiger partial charge on any atom is -0.316 e. The highest BCUT2D eigenvalue weighted by Crippen LogP contribution is 2.24. The second-order valence-corrected chi connectivity index (χ2v) is 7.71. The van der Waals surface area contributed by atoms with Crippen LogP contribution in [0.4, 0.5) is 0 Å². The number of hydrogen-bond acceptors (Lipinski definition) is 4. The van der Waals surface area contributed by atoms with Crippen LogP contribution in [0.1, 0.15) is 37.6 Å². The molecule has 0 aliphatic carbocycles. The molecule has 2 heterocycles. The minimum atomic E-state index is -3.47. The van der Waals surface area contributed by atoms with E-state index in [0.29, 0.717) is 35.3 Å². The predicted molar refractivity (Wildman–Crippen MR) is 82.7 cm³/mol. The molecule has 0 spiro atoms. The van der Waals surface area contributed by atoms with Crippen molar-refractivity contribution in [3.63, 3.8) is 0 Å². The SMILES string of the molecule is CCCN(CC1CCCNC1)S(=O)(=O)c1c(C)n[nH]c1C. The highest BCUT2D eigenvalue weighted by Gasteiger charge is 2.31. The van der Waals surface area contributed by atoms with Gasteiger partial charge in [-0.05, 0) is 52.1 Å². The second kappa shape index (κ2) is 6.89. The summed E-state index contributed by atoms with van der Waals surface area (Å²) < 4.78 is 27.5. The smallest absolute Gasteiger partial charge is 0.246 e. The Kier molecular flexibility index (Phi) is 5.40. The molecule has 0 radical (unpaired) electrons. The first-order chi connectivity index (χ1) is 9.96. The summed E-state index contributed by atoms with van der Waals surface area (Å²) in [6.07, 6.45) is 3.02. The average molecular weight is 314 g/mol. The van der Waals surface area contributed by atoms with E-state index in [0.717, 1.165) is 32.4 Å². The first kappa shape index (κ1) is 16.5. The van der Waals surface area contributed by atoms with Gasteiger partial charge in [0.2, 0.25) is 10.0 Å². The summed E-state index contributed by atoms with van der Waals surface area (Å²) in [7, 11) is -3.47. The maximum absolute atomic E-state index is 12.9. The molecule has 1 saturated heterocycles. The Morgan fingerprint density at radius 1 is 1.38 bits per heavy atom. The Hall–Kier alpha value is -0.920. The fourth-order valence-electron chi connectivity index (χ4n) is 2.98. The quantitative estimate of drug-likeness (QED) is 0.832. The maximum Gasteiger partial charge on any atom is 0.246 e. The molecule has 2 rings (SSSR count). The van der Waals surface area contributed by atoms with Gasteiger partial charge in [0.25, 0.3) is 0 Å². The van der Waals surface area contributed by atoms with Crippen molar-refractivity contribution in [2.45, 2.75) is 44.9 Å². The van der Waals surface area contributed by atoms with E-state index >= 15 is 0 Å². The fraction of sp³-hybridized carbons (Fsp3) is 0.786. The summed E-state index contributed by atoms with van der Waals surface area (Å²) in [6.45, 7) is 8.60. The highest BCUT2D eigenvalue weighted by molar-refractivity contribution is 7.89. The van der Waals surface area contributed by atoms with Crippen molar-refractivity contribution in [1.29, 1.82) is 0 Å². The zero-order valence-corrected chi connectivity index (χ0v) is 14.0. The van der Waals surface area contributed by atoms with Gasteiger partial charge < -0.3 is 5.32 Å². The van der Waals surface area contributed by atoms with Crippen LogP contribution in [0.15, 0.2) is 4.90 Å². The lowest BCUT2D eigenvalue weighted by molar-refractivity contribution is 0.291. The van der Waals surface area contributed by atoms with Crippen LogP contribution in [-0.2, 0) is 10.0 Å². The number of nitrogens with zero attached hydrogens (tertiary/aromatic N) is 2. The van der Waals surface area contributed by atoms with Crippen LogP contribution in [0.25, 0.3) is 0 Å². The number of aromatic amines is 1. The van der Waals surface area contributed by atoms with Gasteiger partial charge in [-0.3, -0.25) is 5.10 Å². The molecule has 1 fully saturated rings. The molecule has 7 heteroatoms. The summed E-state index contributed by atoms with van der Waals surface area (Å²) in [4.78, 5) is 0.347. The van der Waals surface area contributed by atoms with Crippen molar-refractivity contribution in [2.75, 3.05) is 26.2 Å². The van der Waals surface area contributed by atoms with Crippen molar-refractivity contribution < 1.29 is 8.42 Å². The van der Waals surface area contributed by atoms with Gasteiger partial charge in [0, 0.05) is 13.1 Å². The first-order valence-electron chi connectivity index (χ1n) is 7.69. The van der Waals surface area contributed by atoms with E-state index in [4.69, 9.17) is 0 Å². The van der Waals surface area contributed by atoms with E-state index in [9.17, 15) is 8.42 Å². The zero-order chi connectivity index (χ0) is 15.5. The van der Waals surface area contributed by atoms with Gasteiger partial charge in [0.15, 0.2) is 0 Å². The lowest BCUT2D eigenvalue weighted by Gasteiger charge is -2.29. The number of nitrogens with one attached hydrogen (secondary N) is 2. The summed E-state index contributed by atoms with van der Waals surface area (Å²) >= 11 is 0. The maximum atomic E-state index is 12.9. The van der Waals surface area contributed by atoms with E-state index in [1.54, 1.807) is 18.2 Å². The summed E-state index contributed by atoms with van der Waals surface area (Å²) in [5.41, 5.74) is 1.17. The molecule has 1 aliphatic heterocycles. The van der Waals surface area contributed by atoms with Crippen molar-refractivity contribution in [3.05, 3.63) is 11.4 Å². The third kappa shape index (κ3) is 3.64. The predicted octanol–water partition coefficient (Wildman–Crippen LogP) is 1.43. The highest BCUT2D eigenvalue weighted by atomic mass is 32.2. The van der Waals surface area contributed by atoms with Crippen LogP contribution in [0.5, 0.6) is 0 Å². The van der Waals surface area contributed by atoms with Crippen molar-refractivity contribution >= 4 is 10.0 Å². The van der Waals surface area contributed by atoms with Gasteiger partial charge in [0.1, 0.15) is 4.90 Å². The number of aromatic nitrogens is 2. The van der Waals surface area contributed by atoms with E-state index in [-0.39, 0.29) is 0 Å². The largest absolute Gasteiger partial charge is 0.316 e. The molecule has 0 saturated carbocycles. The van der Waals surface area contributed by atoms with Crippen LogP contribution in [-0.4, -0.2) is 49.1 Å². The van der Waals surface area contributed by atoms with Crippen LogP contribution in [0.2, 0.25) is 0 Å². The number of H-pyrrole nitrogens is 1. The molecular weight excluding hydrogens is 288 g/mol. The summed E-state index contributed by atoms with van der Waals surface area (Å²) in [5.74, 6) is 0.396. The van der Waals surface area contributed by atoms with Gasteiger partial charge in [0.05, 0.1) is 11.4 Å². The first-order valence-corrected chi connectivity index (χ1v) is 9.13. The molecule has 2 N–H and O–H groups in total. The van der Waals surface area contributed by atoms with E-state index < -0.39 is 10.0 Å². The Labute approximate surface area is 127 Å². The van der Waals surface area contributed by atoms with E-state index in [1.165, 1.54) is 0 Å². The van der Waals surface area contributed by atoms with E-state index in [1.807, 2.05) is 6.92 Å². The Bertz CT molecular complexity index is 542. The molecule has 0 bridgehead atoms. The molecule has 1 aromatic rings. The number of sulfonamides is 1. The third-order valence-corrected chi connectivity index (χ3v) is 6.12. The minimum absolute atomic E-state index is 0.347. The van der Waals surface area contributed by atoms with Crippen molar-refractivity contribution in [1.82, 2.24) is 19.8 Å². The van der Waals surface area contributed by atoms with Crippen molar-refractivity contribution in [3.8, 4) is 0 Å². The molecule has 1 aliphatic rings. The normalized spacial score (nSPS) is 20.1. The lowest BCUT2D eigenvalue weighted by atomic mass is 10.00. The number of piperidine rings is 1. The van der Waals surface area contributed by atoms with Crippen LogP contribution < -0.4 is 5.32 Å². The number of aryl methyl sites for hydroxylation is 2. The molecule has 21 heavy (non-hydrogen) atoms. The molecule has 120 valence electrons. The molecule has 0 aromatic carbocycles. The van der Waals surface area contributed by atoms with Gasteiger partial charge in [-0.1, -0.05) is 6.92 Å². The lowest BCUT2D eigenvalue weighted by Crippen LogP contribution is -2.41. The summed E-state index contributed by atoms with van der Waals surface area (Å²) in [5, 5.41) is 10.2. The molecule has 6 nitrogen and oxygen atoms in total. The van der Waals surface area contributed by atoms with Gasteiger partial charge in [-0.2, -0.15) is 9.40 Å². The molecule has 1 atom stereocenters. The van der Waals surface area contributed by atoms with Gasteiger partial charge in [-0.15, -0.1) is 0 Å². The Morgan fingerprint density at radius 3 is 2.67 bits per heavy atom. The topological polar surface area (TPSA) is 78.1 Å². The fourth-order valence-corrected chi connectivity index (χ4v) is 4.92. The van der Waals surface area contributed by atoms with Gasteiger partial charge in [-0.25, -0.2) is 8.42 Å². The summed E-state index contributed by atoms with van der Waals surface area (Å²) in [6, 6.07) is 0. The molecule has 1 aromatic heterocycles. The van der Waals surface area contributed by atoms with Crippen LogP contribution in [0, 0.1) is 19.8 Å². The van der Waals surface area contributed by atoms with Crippen LogP contribution in [0.3, 0.4) is 0 Å². The average Bonchev–Trinajstić information content (AvgIpc) is 2.79. The van der Waals surface area contributed by atoms with E-state index in [2.05, 4.69) is 15.5 Å². The number of hydrogen-bond donors (Lipinski definition) is 2. The van der Waals surface area contributed by atoms with Gasteiger partial charge >= 0.3 is 0 Å². The molecular formula is C14H26N4O2S. The monoisotopic (exact) mass is 314 g/mol.